The van der Waals surface area contributed by atoms with Gasteiger partial charge >= 0.3 is 0 Å². The number of hydrogen-bond acceptors (Lipinski definition) is 4. The molecule has 5 nitrogen and oxygen atoms in total. The zero-order chi connectivity index (χ0) is 20.7. The van der Waals surface area contributed by atoms with E-state index in [1.165, 1.54) is 11.0 Å². The first-order valence-corrected chi connectivity index (χ1v) is 9.74. The monoisotopic (exact) mass is 441 g/mol. The highest BCUT2D eigenvalue weighted by atomic mass is 35.5. The number of carbonyl (C=O) groups excluding carboxylic acids is 2. The van der Waals surface area contributed by atoms with Crippen LogP contribution in [0.15, 0.2) is 54.1 Å². The first-order chi connectivity index (χ1) is 13.8. The molecule has 2 amide bonds. The summed E-state index contributed by atoms with van der Waals surface area (Å²) in [5.74, 6) is -1.15. The summed E-state index contributed by atoms with van der Waals surface area (Å²) in [4.78, 5) is 31.2. The molecule has 0 unspecified atom stereocenters. The highest BCUT2D eigenvalue weighted by molar-refractivity contribution is 7.80. The number of hydrogen-bond donors (Lipinski definition) is 1. The van der Waals surface area contributed by atoms with Crippen LogP contribution >= 0.6 is 35.4 Å². The Morgan fingerprint density at radius 3 is 2.55 bits per heavy atom. The molecule has 1 fully saturated rings. The molecule has 0 saturated carbocycles. The van der Waals surface area contributed by atoms with Gasteiger partial charge in [0.1, 0.15) is 10.7 Å². The van der Waals surface area contributed by atoms with E-state index in [-0.39, 0.29) is 15.8 Å². The maximum atomic E-state index is 13.1. The number of para-hydroxylation sites is 1. The van der Waals surface area contributed by atoms with Crippen molar-refractivity contribution in [2.24, 2.45) is 0 Å². The fourth-order valence-corrected chi connectivity index (χ4v) is 3.68. The van der Waals surface area contributed by atoms with Crippen LogP contribution in [0.25, 0.3) is 17.0 Å². The quantitative estimate of drug-likeness (QED) is 0.271. The maximum absolute atomic E-state index is 13.1. The Morgan fingerprint density at radius 2 is 1.83 bits per heavy atom. The number of carbonyl (C=O) groups is 2. The summed E-state index contributed by atoms with van der Waals surface area (Å²) in [6.45, 7) is 1.94. The van der Waals surface area contributed by atoms with E-state index >= 15 is 0 Å². The highest BCUT2D eigenvalue weighted by Gasteiger charge is 2.34. The predicted octanol–water partition coefficient (Wildman–Crippen LogP) is 4.68. The molecule has 1 N–H and O–H groups in total. The van der Waals surface area contributed by atoms with Crippen molar-refractivity contribution in [3.8, 4) is 0 Å². The Hall–Kier alpha value is -2.80. The van der Waals surface area contributed by atoms with Gasteiger partial charge in [-0.05, 0) is 61.1 Å². The van der Waals surface area contributed by atoms with E-state index in [1.807, 2.05) is 25.1 Å². The molecule has 2 heterocycles. The second kappa shape index (κ2) is 7.55. The zero-order valence-corrected chi connectivity index (χ0v) is 17.4. The summed E-state index contributed by atoms with van der Waals surface area (Å²) in [7, 11) is 0. The van der Waals surface area contributed by atoms with E-state index in [2.05, 4.69) is 10.3 Å². The topological polar surface area (TPSA) is 62.3 Å². The molecule has 29 heavy (non-hydrogen) atoms. The smallest absolute Gasteiger partial charge is 0.270 e. The Labute approximate surface area is 181 Å². The summed E-state index contributed by atoms with van der Waals surface area (Å²) in [6.07, 6.45) is 1.43. The van der Waals surface area contributed by atoms with Crippen molar-refractivity contribution in [2.45, 2.75) is 6.92 Å². The molecule has 0 radical (unpaired) electrons. The summed E-state index contributed by atoms with van der Waals surface area (Å²) in [5, 5.41) is 4.12. The van der Waals surface area contributed by atoms with Gasteiger partial charge < -0.3 is 0 Å². The van der Waals surface area contributed by atoms with E-state index in [4.69, 9.17) is 35.4 Å². The van der Waals surface area contributed by atoms with Crippen molar-refractivity contribution in [3.05, 3.63) is 75.4 Å². The minimum atomic E-state index is -0.592. The van der Waals surface area contributed by atoms with Gasteiger partial charge in [0.2, 0.25) is 0 Å². The number of pyridine rings is 1. The highest BCUT2D eigenvalue weighted by Crippen LogP contribution is 2.27. The molecule has 0 spiro atoms. The molecule has 1 aliphatic heterocycles. The van der Waals surface area contributed by atoms with Crippen molar-refractivity contribution >= 4 is 75.0 Å². The van der Waals surface area contributed by atoms with Gasteiger partial charge in [0.15, 0.2) is 5.11 Å². The van der Waals surface area contributed by atoms with Crippen LogP contribution in [0.5, 0.6) is 0 Å². The Morgan fingerprint density at radius 1 is 1.10 bits per heavy atom. The number of nitrogens with one attached hydrogen (secondary N) is 1. The van der Waals surface area contributed by atoms with Crippen LogP contribution in [0, 0.1) is 6.92 Å². The van der Waals surface area contributed by atoms with Crippen LogP contribution in [0.4, 0.5) is 5.69 Å². The first kappa shape index (κ1) is 19.5. The second-order valence-corrected chi connectivity index (χ2v) is 7.63. The van der Waals surface area contributed by atoms with Crippen molar-refractivity contribution < 1.29 is 9.59 Å². The molecule has 2 aromatic carbocycles. The van der Waals surface area contributed by atoms with E-state index < -0.39 is 11.8 Å². The standard InChI is InChI=1S/C21H13Cl2N3O2S/c1-11-3-2-4-12-9-13(18(23)24-17(11)12)10-16-19(27)25-21(29)26(20(16)28)15-7-5-14(22)6-8-15/h2-10H,1H3,(H,25,27,29). The summed E-state index contributed by atoms with van der Waals surface area (Å²) >= 11 is 17.4. The molecule has 0 atom stereocenters. The number of aryl methyl sites for hydroxylation is 1. The Bertz CT molecular complexity index is 1220. The van der Waals surface area contributed by atoms with Crippen LogP contribution in [-0.2, 0) is 9.59 Å². The fraction of sp³-hybridized carbons (Fsp3) is 0.0476. The van der Waals surface area contributed by atoms with Crippen LogP contribution in [0.3, 0.4) is 0 Å². The third-order valence-corrected chi connectivity index (χ3v) is 5.35. The third kappa shape index (κ3) is 3.62. The number of amides is 2. The minimum Gasteiger partial charge on any atom is -0.298 e. The van der Waals surface area contributed by atoms with Gasteiger partial charge in [0.05, 0.1) is 11.2 Å². The molecule has 3 aromatic rings. The molecule has 8 heteroatoms. The summed E-state index contributed by atoms with van der Waals surface area (Å²) in [6, 6.07) is 14.1. The molecule has 0 bridgehead atoms. The van der Waals surface area contributed by atoms with E-state index in [9.17, 15) is 9.59 Å². The van der Waals surface area contributed by atoms with Gasteiger partial charge in [-0.15, -0.1) is 0 Å². The van der Waals surface area contributed by atoms with Gasteiger partial charge in [0.25, 0.3) is 11.8 Å². The lowest BCUT2D eigenvalue weighted by Crippen LogP contribution is -2.54. The predicted molar refractivity (Wildman–Crippen MR) is 119 cm³/mol. The number of thiocarbonyl (C=S) groups is 1. The van der Waals surface area contributed by atoms with Gasteiger partial charge in [-0.3, -0.25) is 19.8 Å². The van der Waals surface area contributed by atoms with Gasteiger partial charge in [-0.2, -0.15) is 0 Å². The normalized spacial score (nSPS) is 15.9. The van der Waals surface area contributed by atoms with Gasteiger partial charge in [0, 0.05) is 16.0 Å². The number of anilines is 1. The number of halogens is 2. The summed E-state index contributed by atoms with van der Waals surface area (Å²) < 4.78 is 0. The van der Waals surface area contributed by atoms with Crippen LogP contribution in [0.2, 0.25) is 10.2 Å². The van der Waals surface area contributed by atoms with Crippen LogP contribution in [0.1, 0.15) is 11.1 Å². The minimum absolute atomic E-state index is 0.00201. The zero-order valence-electron chi connectivity index (χ0n) is 15.1. The van der Waals surface area contributed by atoms with Gasteiger partial charge in [-0.25, -0.2) is 4.98 Å². The van der Waals surface area contributed by atoms with Gasteiger partial charge in [-0.1, -0.05) is 41.4 Å². The molecular weight excluding hydrogens is 429 g/mol. The number of aromatic nitrogens is 1. The molecule has 1 aromatic heterocycles. The summed E-state index contributed by atoms with van der Waals surface area (Å²) in [5.41, 5.74) is 2.61. The average Bonchev–Trinajstić information content (AvgIpc) is 2.67. The molecule has 0 aliphatic carbocycles. The number of fused-ring (bicyclic) bond motifs is 1. The number of nitrogens with zero attached hydrogens (tertiary/aromatic N) is 2. The Balaban J connectivity index is 1.80. The van der Waals surface area contributed by atoms with Crippen LogP contribution < -0.4 is 10.2 Å². The van der Waals surface area contributed by atoms with Crippen molar-refractivity contribution in [1.82, 2.24) is 10.3 Å². The van der Waals surface area contributed by atoms with Crippen molar-refractivity contribution in [3.63, 3.8) is 0 Å². The van der Waals surface area contributed by atoms with E-state index in [0.717, 1.165) is 16.5 Å². The molecule has 1 saturated heterocycles. The fourth-order valence-electron chi connectivity index (χ4n) is 3.08. The lowest BCUT2D eigenvalue weighted by Gasteiger charge is -2.29. The lowest BCUT2D eigenvalue weighted by molar-refractivity contribution is -0.122. The van der Waals surface area contributed by atoms with Crippen LogP contribution in [-0.4, -0.2) is 21.9 Å². The average molecular weight is 442 g/mol. The van der Waals surface area contributed by atoms with E-state index in [0.29, 0.717) is 16.3 Å². The lowest BCUT2D eigenvalue weighted by atomic mass is 10.1. The molecule has 1 aliphatic rings. The second-order valence-electron chi connectivity index (χ2n) is 6.45. The van der Waals surface area contributed by atoms with E-state index in [1.54, 1.807) is 30.3 Å². The SMILES string of the molecule is Cc1cccc2cc(C=C3C(=O)NC(=S)N(c4ccc(Cl)cc4)C3=O)c(Cl)nc12. The number of benzene rings is 2. The molecular formula is C21H13Cl2N3O2S. The third-order valence-electron chi connectivity index (χ3n) is 4.51. The van der Waals surface area contributed by atoms with Crippen molar-refractivity contribution in [1.29, 1.82) is 0 Å². The largest absolute Gasteiger partial charge is 0.298 e. The van der Waals surface area contributed by atoms with Crippen molar-refractivity contribution in [2.75, 3.05) is 4.90 Å². The molecule has 144 valence electrons. The maximum Gasteiger partial charge on any atom is 0.270 e. The first-order valence-electron chi connectivity index (χ1n) is 8.58. The number of rotatable bonds is 2. The molecule has 4 rings (SSSR count). The Kier molecular flexibility index (Phi) is 5.08.